The Labute approximate surface area is 94.3 Å². The normalized spacial score (nSPS) is 11.5. The van der Waals surface area contributed by atoms with Crippen molar-refractivity contribution in [2.45, 2.75) is 70.8 Å². The van der Waals surface area contributed by atoms with E-state index >= 15 is 0 Å². The van der Waals surface area contributed by atoms with E-state index in [2.05, 4.69) is 22.2 Å². The van der Waals surface area contributed by atoms with Crippen LogP contribution < -0.4 is 0 Å². The molecule has 0 N–H and O–H groups in total. The van der Waals surface area contributed by atoms with Crippen LogP contribution in [0.25, 0.3) is 0 Å². The van der Waals surface area contributed by atoms with Gasteiger partial charge in [0.05, 0.1) is 8.14 Å². The lowest BCUT2D eigenvalue weighted by atomic mass is 10.1. The van der Waals surface area contributed by atoms with Crippen molar-refractivity contribution < 1.29 is 0 Å². The zero-order chi connectivity index (χ0) is 9.78. The van der Waals surface area contributed by atoms with Crippen molar-refractivity contribution in [2.75, 3.05) is 0 Å². The molecule has 0 atom stereocenters. The van der Waals surface area contributed by atoms with Gasteiger partial charge in [-0.05, 0) is 0 Å². The van der Waals surface area contributed by atoms with E-state index in [1.165, 1.54) is 63.8 Å². The SMILES string of the molecule is CCCCCCCCCCC[SiH2]Br. The van der Waals surface area contributed by atoms with Gasteiger partial charge in [-0.2, -0.15) is 0 Å². The predicted molar refractivity (Wildman–Crippen MR) is 69.5 cm³/mol. The van der Waals surface area contributed by atoms with E-state index in [1.807, 2.05) is 0 Å². The van der Waals surface area contributed by atoms with Crippen molar-refractivity contribution in [1.82, 2.24) is 0 Å². The Balaban J connectivity index is 2.76. The molecule has 0 saturated carbocycles. The Hall–Kier alpha value is 0.697. The van der Waals surface area contributed by atoms with Crippen LogP contribution in [0.15, 0.2) is 0 Å². The van der Waals surface area contributed by atoms with E-state index < -0.39 is 0 Å². The van der Waals surface area contributed by atoms with Crippen molar-refractivity contribution >= 4 is 23.4 Å². The summed E-state index contributed by atoms with van der Waals surface area (Å²) in [5.41, 5.74) is 0. The van der Waals surface area contributed by atoms with Crippen LogP contribution in [0.2, 0.25) is 6.04 Å². The summed E-state index contributed by atoms with van der Waals surface area (Å²) in [5, 5.41) is 0. The first-order chi connectivity index (χ1) is 6.41. The zero-order valence-electron chi connectivity index (χ0n) is 9.16. The smallest absolute Gasteiger partial charge is 0.0985 e. The topological polar surface area (TPSA) is 0 Å². The Morgan fingerprint density at radius 2 is 1.23 bits per heavy atom. The molecule has 0 aromatic heterocycles. The number of rotatable bonds is 10. The lowest BCUT2D eigenvalue weighted by Crippen LogP contribution is -1.82. The van der Waals surface area contributed by atoms with E-state index in [0.29, 0.717) is 0 Å². The molecule has 0 fully saturated rings. The fraction of sp³-hybridized carbons (Fsp3) is 1.00. The lowest BCUT2D eigenvalue weighted by molar-refractivity contribution is 0.572. The van der Waals surface area contributed by atoms with E-state index in [1.54, 1.807) is 0 Å². The number of unbranched alkanes of at least 4 members (excludes halogenated alkanes) is 8. The van der Waals surface area contributed by atoms with Crippen LogP contribution in [0.5, 0.6) is 0 Å². The van der Waals surface area contributed by atoms with Gasteiger partial charge < -0.3 is 0 Å². The Bertz CT molecular complexity index is 76.2. The summed E-state index contributed by atoms with van der Waals surface area (Å²) in [6, 6.07) is 1.50. The van der Waals surface area contributed by atoms with Crippen LogP contribution in [0.4, 0.5) is 0 Å². The number of hydrogen-bond acceptors (Lipinski definition) is 0. The van der Waals surface area contributed by atoms with Crippen LogP contribution in [0.1, 0.15) is 64.7 Å². The summed E-state index contributed by atoms with van der Waals surface area (Å²) in [6.07, 6.45) is 13.1. The first kappa shape index (κ1) is 13.7. The van der Waals surface area contributed by atoms with E-state index in [9.17, 15) is 0 Å². The monoisotopic (exact) mass is 264 g/mol. The highest BCUT2D eigenvalue weighted by Crippen LogP contribution is 2.10. The third-order valence-electron chi connectivity index (χ3n) is 2.49. The van der Waals surface area contributed by atoms with Crippen molar-refractivity contribution in [3.63, 3.8) is 0 Å². The Morgan fingerprint density at radius 1 is 0.769 bits per heavy atom. The molecule has 13 heavy (non-hydrogen) atoms. The molecule has 0 amide bonds. The molecule has 0 spiro atoms. The van der Waals surface area contributed by atoms with Crippen LogP contribution in [-0.4, -0.2) is 8.14 Å². The van der Waals surface area contributed by atoms with E-state index in [0.717, 1.165) is 0 Å². The molecule has 0 nitrogen and oxygen atoms in total. The van der Waals surface area contributed by atoms with Gasteiger partial charge in [0.1, 0.15) is 0 Å². The molecule has 0 saturated heterocycles. The van der Waals surface area contributed by atoms with Crippen molar-refractivity contribution in [3.8, 4) is 0 Å². The first-order valence-electron chi connectivity index (χ1n) is 5.97. The first-order valence-corrected chi connectivity index (χ1v) is 10.9. The molecule has 80 valence electrons. The molecule has 0 aromatic carbocycles. The van der Waals surface area contributed by atoms with Gasteiger partial charge in [0.15, 0.2) is 0 Å². The molecule has 0 aromatic rings. The Morgan fingerprint density at radius 3 is 1.69 bits per heavy atom. The molecular weight excluding hydrogens is 240 g/mol. The number of hydrogen-bond donors (Lipinski definition) is 0. The summed E-state index contributed by atoms with van der Waals surface area (Å²) in [7, 11) is 0.176. The van der Waals surface area contributed by atoms with Gasteiger partial charge in [0, 0.05) is 0 Å². The van der Waals surface area contributed by atoms with Gasteiger partial charge in [-0.15, -0.1) is 15.3 Å². The standard InChI is InChI=1S/C11H25BrSi/c1-2-3-4-5-6-7-8-9-10-11-13-12/h2-11,13H2,1H3. The van der Waals surface area contributed by atoms with Crippen molar-refractivity contribution in [1.29, 1.82) is 0 Å². The average molecular weight is 265 g/mol. The number of halogens is 1. The summed E-state index contributed by atoms with van der Waals surface area (Å²) in [4.78, 5) is 0. The van der Waals surface area contributed by atoms with Crippen molar-refractivity contribution in [3.05, 3.63) is 0 Å². The molecule has 0 bridgehead atoms. The van der Waals surface area contributed by atoms with Gasteiger partial charge >= 0.3 is 0 Å². The van der Waals surface area contributed by atoms with Gasteiger partial charge in [0.25, 0.3) is 0 Å². The molecule has 0 aliphatic carbocycles. The van der Waals surface area contributed by atoms with Gasteiger partial charge in [-0.25, -0.2) is 0 Å². The zero-order valence-corrected chi connectivity index (χ0v) is 12.2. The van der Waals surface area contributed by atoms with E-state index in [-0.39, 0.29) is 8.14 Å². The molecule has 2 heteroatoms. The Kier molecular flexibility index (Phi) is 13.4. The largest absolute Gasteiger partial charge is 0.135 e. The average Bonchev–Trinajstić information content (AvgIpc) is 2.16. The summed E-state index contributed by atoms with van der Waals surface area (Å²) in [5.74, 6) is 0. The predicted octanol–water partition coefficient (Wildman–Crippen LogP) is 4.41. The van der Waals surface area contributed by atoms with E-state index in [4.69, 9.17) is 0 Å². The minimum absolute atomic E-state index is 0.176. The minimum Gasteiger partial charge on any atom is -0.135 e. The second-order valence-corrected chi connectivity index (χ2v) is 7.34. The second-order valence-electron chi connectivity index (χ2n) is 3.87. The van der Waals surface area contributed by atoms with Gasteiger partial charge in [0.2, 0.25) is 0 Å². The molecule has 0 aliphatic heterocycles. The highest BCUT2D eigenvalue weighted by Gasteiger charge is 1.91. The van der Waals surface area contributed by atoms with Crippen LogP contribution in [-0.2, 0) is 0 Å². The molecular formula is C11H25BrSi. The fourth-order valence-corrected chi connectivity index (χ4v) is 3.31. The maximum atomic E-state index is 3.60. The quantitative estimate of drug-likeness (QED) is 0.312. The molecule has 0 unspecified atom stereocenters. The highest BCUT2D eigenvalue weighted by molar-refractivity contribution is 9.23. The minimum atomic E-state index is 0.176. The van der Waals surface area contributed by atoms with Gasteiger partial charge in [-0.3, -0.25) is 0 Å². The summed E-state index contributed by atoms with van der Waals surface area (Å²) < 4.78 is 0. The molecule has 0 aliphatic rings. The third-order valence-corrected chi connectivity index (χ3v) is 4.94. The molecule has 0 rings (SSSR count). The summed E-state index contributed by atoms with van der Waals surface area (Å²) >= 11 is 3.60. The fourth-order valence-electron chi connectivity index (χ4n) is 1.58. The van der Waals surface area contributed by atoms with Crippen LogP contribution in [0.3, 0.4) is 0 Å². The maximum Gasteiger partial charge on any atom is 0.0985 e. The van der Waals surface area contributed by atoms with Crippen LogP contribution in [0, 0.1) is 0 Å². The second kappa shape index (κ2) is 12.7. The molecule has 0 heterocycles. The lowest BCUT2D eigenvalue weighted by Gasteiger charge is -2.00. The van der Waals surface area contributed by atoms with Crippen molar-refractivity contribution in [2.24, 2.45) is 0 Å². The summed E-state index contributed by atoms with van der Waals surface area (Å²) in [6.45, 7) is 2.28. The highest BCUT2D eigenvalue weighted by atomic mass is 79.9. The third kappa shape index (κ3) is 12.7. The van der Waals surface area contributed by atoms with Gasteiger partial charge in [-0.1, -0.05) is 70.8 Å². The van der Waals surface area contributed by atoms with Crippen LogP contribution >= 0.6 is 15.3 Å². The maximum absolute atomic E-state index is 3.60. The molecule has 0 radical (unpaired) electrons.